The molecule has 5 heteroatoms. The van der Waals surface area contributed by atoms with Gasteiger partial charge >= 0.3 is 0 Å². The molecule has 0 radical (unpaired) electrons. The quantitative estimate of drug-likeness (QED) is 0.813. The lowest BCUT2D eigenvalue weighted by Gasteiger charge is -2.16. The lowest BCUT2D eigenvalue weighted by atomic mass is 10.1. The maximum atomic E-state index is 12.4. The van der Waals surface area contributed by atoms with E-state index in [2.05, 4.69) is 21.2 Å². The van der Waals surface area contributed by atoms with Gasteiger partial charge in [-0.1, -0.05) is 19.1 Å². The second kappa shape index (κ2) is 7.14. The highest BCUT2D eigenvalue weighted by Gasteiger charge is 2.18. The van der Waals surface area contributed by atoms with Gasteiger partial charge in [-0.15, -0.1) is 0 Å². The molecule has 1 N–H and O–H groups in total. The van der Waals surface area contributed by atoms with Crippen LogP contribution in [0.15, 0.2) is 47.1 Å². The van der Waals surface area contributed by atoms with E-state index in [4.69, 9.17) is 9.15 Å². The molecule has 106 valence electrons. The number of halogens is 1. The summed E-state index contributed by atoms with van der Waals surface area (Å²) in [6.45, 7) is 1.99. The standard InChI is InChI=1S/C15H16BrNO3/c1-2-12(14-8-5-9-19-14)17-15(18)11-6-3-4-7-13(11)20-10-16/h3-9,12H,2,10H2,1H3,(H,17,18). The van der Waals surface area contributed by atoms with Crippen LogP contribution >= 0.6 is 15.9 Å². The van der Waals surface area contributed by atoms with Crippen LogP contribution in [0.1, 0.15) is 35.5 Å². The van der Waals surface area contributed by atoms with Crippen LogP contribution in [0.3, 0.4) is 0 Å². The summed E-state index contributed by atoms with van der Waals surface area (Å²) in [6.07, 6.45) is 2.35. The minimum Gasteiger partial charge on any atom is -0.482 e. The molecule has 1 atom stereocenters. The number of hydrogen-bond donors (Lipinski definition) is 1. The lowest BCUT2D eigenvalue weighted by Crippen LogP contribution is -2.28. The van der Waals surface area contributed by atoms with Gasteiger partial charge in [0, 0.05) is 0 Å². The first kappa shape index (κ1) is 14.7. The first-order chi connectivity index (χ1) is 9.76. The average molecular weight is 338 g/mol. The summed E-state index contributed by atoms with van der Waals surface area (Å²) in [7, 11) is 0. The van der Waals surface area contributed by atoms with Gasteiger partial charge in [0.2, 0.25) is 0 Å². The van der Waals surface area contributed by atoms with Gasteiger partial charge in [0.05, 0.1) is 17.9 Å². The number of rotatable bonds is 6. The first-order valence-corrected chi connectivity index (χ1v) is 7.50. The maximum absolute atomic E-state index is 12.4. The zero-order valence-corrected chi connectivity index (χ0v) is 12.7. The van der Waals surface area contributed by atoms with E-state index in [1.165, 1.54) is 0 Å². The highest BCUT2D eigenvalue weighted by atomic mass is 79.9. The van der Waals surface area contributed by atoms with Gasteiger partial charge < -0.3 is 14.5 Å². The van der Waals surface area contributed by atoms with Crippen LogP contribution in [0.5, 0.6) is 5.75 Å². The molecule has 20 heavy (non-hydrogen) atoms. The molecule has 1 unspecified atom stereocenters. The molecule has 0 aliphatic heterocycles. The number of carbonyl (C=O) groups is 1. The van der Waals surface area contributed by atoms with Crippen LogP contribution in [-0.4, -0.2) is 11.4 Å². The molecule has 2 aromatic rings. The van der Waals surface area contributed by atoms with E-state index < -0.39 is 0 Å². The second-order valence-corrected chi connectivity index (χ2v) is 4.66. The molecule has 0 fully saturated rings. The van der Waals surface area contributed by atoms with E-state index in [0.717, 1.165) is 12.2 Å². The summed E-state index contributed by atoms with van der Waals surface area (Å²) >= 11 is 3.20. The number of ether oxygens (including phenoxy) is 1. The number of alkyl halides is 1. The van der Waals surface area contributed by atoms with Crippen molar-refractivity contribution in [3.05, 3.63) is 54.0 Å². The molecule has 0 aliphatic rings. The Bertz CT molecular complexity index is 554. The Kier molecular flexibility index (Phi) is 5.24. The summed E-state index contributed by atoms with van der Waals surface area (Å²) in [6, 6.07) is 10.7. The molecule has 2 rings (SSSR count). The van der Waals surface area contributed by atoms with Gasteiger partial charge in [0.1, 0.15) is 17.0 Å². The topological polar surface area (TPSA) is 51.5 Å². The van der Waals surface area contributed by atoms with Gasteiger partial charge in [0.25, 0.3) is 5.91 Å². The molecule has 1 heterocycles. The molecule has 0 spiro atoms. The van der Waals surface area contributed by atoms with Gasteiger partial charge in [0.15, 0.2) is 0 Å². The normalized spacial score (nSPS) is 11.9. The maximum Gasteiger partial charge on any atom is 0.255 e. The summed E-state index contributed by atoms with van der Waals surface area (Å²) in [5.74, 6) is 1.13. The zero-order chi connectivity index (χ0) is 14.4. The summed E-state index contributed by atoms with van der Waals surface area (Å²) in [4.78, 5) is 12.4. The van der Waals surface area contributed by atoms with Crippen LogP contribution in [-0.2, 0) is 0 Å². The Morgan fingerprint density at radius 3 is 2.80 bits per heavy atom. The fourth-order valence-corrected chi connectivity index (χ4v) is 2.19. The largest absolute Gasteiger partial charge is 0.482 e. The number of benzene rings is 1. The number of carbonyl (C=O) groups excluding carboxylic acids is 1. The van der Waals surface area contributed by atoms with E-state index in [-0.39, 0.29) is 11.9 Å². The van der Waals surface area contributed by atoms with E-state index >= 15 is 0 Å². The summed E-state index contributed by atoms with van der Waals surface area (Å²) < 4.78 is 10.7. The highest BCUT2D eigenvalue weighted by Crippen LogP contribution is 2.22. The fraction of sp³-hybridized carbons (Fsp3) is 0.267. The van der Waals surface area contributed by atoms with Crippen LogP contribution in [0.4, 0.5) is 0 Å². The monoisotopic (exact) mass is 337 g/mol. The average Bonchev–Trinajstić information content (AvgIpc) is 2.99. The number of para-hydroxylation sites is 1. The van der Waals surface area contributed by atoms with Crippen LogP contribution in [0, 0.1) is 0 Å². The highest BCUT2D eigenvalue weighted by molar-refractivity contribution is 9.09. The molecule has 0 saturated heterocycles. The van der Waals surface area contributed by atoms with Crippen molar-refractivity contribution in [2.75, 3.05) is 5.52 Å². The van der Waals surface area contributed by atoms with E-state index in [0.29, 0.717) is 16.8 Å². The number of amides is 1. The van der Waals surface area contributed by atoms with E-state index in [9.17, 15) is 4.79 Å². The van der Waals surface area contributed by atoms with Crippen LogP contribution in [0.2, 0.25) is 0 Å². The van der Waals surface area contributed by atoms with Crippen molar-refractivity contribution in [1.29, 1.82) is 0 Å². The van der Waals surface area contributed by atoms with Crippen LogP contribution < -0.4 is 10.1 Å². The van der Waals surface area contributed by atoms with Crippen molar-refractivity contribution in [3.8, 4) is 5.75 Å². The van der Waals surface area contributed by atoms with Crippen molar-refractivity contribution < 1.29 is 13.9 Å². The molecular formula is C15H16BrNO3. The second-order valence-electron chi connectivity index (χ2n) is 4.20. The Morgan fingerprint density at radius 1 is 1.35 bits per heavy atom. The third-order valence-electron chi connectivity index (χ3n) is 2.94. The van der Waals surface area contributed by atoms with Gasteiger partial charge in [-0.2, -0.15) is 0 Å². The molecule has 0 aliphatic carbocycles. The van der Waals surface area contributed by atoms with E-state index in [1.807, 2.05) is 31.2 Å². The molecule has 0 saturated carbocycles. The SMILES string of the molecule is CCC(NC(=O)c1ccccc1OCBr)c1ccco1. The third-order valence-corrected chi connectivity index (χ3v) is 3.17. The van der Waals surface area contributed by atoms with Gasteiger partial charge in [-0.05, 0) is 46.6 Å². The number of nitrogens with one attached hydrogen (secondary N) is 1. The number of furan rings is 1. The molecule has 1 amide bonds. The van der Waals surface area contributed by atoms with Crippen molar-refractivity contribution in [3.63, 3.8) is 0 Å². The summed E-state index contributed by atoms with van der Waals surface area (Å²) in [5.41, 5.74) is 0.851. The first-order valence-electron chi connectivity index (χ1n) is 6.38. The van der Waals surface area contributed by atoms with E-state index in [1.54, 1.807) is 18.4 Å². The Hall–Kier alpha value is -1.75. The van der Waals surface area contributed by atoms with Crippen LogP contribution in [0.25, 0.3) is 0 Å². The predicted octanol–water partition coefficient (Wildman–Crippen LogP) is 3.89. The molecule has 0 bridgehead atoms. The van der Waals surface area contributed by atoms with Crippen molar-refractivity contribution >= 4 is 21.8 Å². The molecule has 1 aromatic heterocycles. The smallest absolute Gasteiger partial charge is 0.255 e. The Labute approximate surface area is 126 Å². The Morgan fingerprint density at radius 2 is 2.15 bits per heavy atom. The third kappa shape index (κ3) is 3.42. The lowest BCUT2D eigenvalue weighted by molar-refractivity contribution is 0.0927. The molecular weight excluding hydrogens is 322 g/mol. The molecule has 1 aromatic carbocycles. The van der Waals surface area contributed by atoms with Gasteiger partial charge in [-0.3, -0.25) is 4.79 Å². The van der Waals surface area contributed by atoms with Crippen molar-refractivity contribution in [2.45, 2.75) is 19.4 Å². The number of hydrogen-bond acceptors (Lipinski definition) is 3. The zero-order valence-electron chi connectivity index (χ0n) is 11.1. The van der Waals surface area contributed by atoms with Crippen molar-refractivity contribution in [2.24, 2.45) is 0 Å². The predicted molar refractivity (Wildman–Crippen MR) is 80.1 cm³/mol. The minimum absolute atomic E-state index is 0.144. The van der Waals surface area contributed by atoms with Gasteiger partial charge in [-0.25, -0.2) is 0 Å². The Balaban J connectivity index is 2.15. The summed E-state index contributed by atoms with van der Waals surface area (Å²) in [5, 5.41) is 2.96. The minimum atomic E-state index is -0.176. The van der Waals surface area contributed by atoms with Crippen molar-refractivity contribution in [1.82, 2.24) is 5.32 Å². The molecule has 4 nitrogen and oxygen atoms in total. The fourth-order valence-electron chi connectivity index (χ4n) is 1.94.